The number of hydrogen-bond donors (Lipinski definition) is 1. The molecule has 0 aliphatic carbocycles. The Balaban J connectivity index is 1.34. The van der Waals surface area contributed by atoms with Gasteiger partial charge >= 0.3 is 0 Å². The zero-order valence-electron chi connectivity index (χ0n) is 17.0. The summed E-state index contributed by atoms with van der Waals surface area (Å²) in [6.07, 6.45) is 0. The van der Waals surface area contributed by atoms with E-state index in [0.717, 1.165) is 38.5 Å². The summed E-state index contributed by atoms with van der Waals surface area (Å²) in [4.78, 5) is 17.5. The van der Waals surface area contributed by atoms with Crippen molar-refractivity contribution in [3.05, 3.63) is 108 Å². The second-order valence-electron chi connectivity index (χ2n) is 7.41. The number of carbonyl (C=O) groups excluding carboxylic acids is 1. The molecule has 150 valence electrons. The molecule has 1 amide bonds. The predicted molar refractivity (Wildman–Crippen MR) is 130 cm³/mol. The second kappa shape index (κ2) is 8.17. The molecule has 3 nitrogen and oxygen atoms in total. The summed E-state index contributed by atoms with van der Waals surface area (Å²) in [5.74, 6) is -0.115. The van der Waals surface area contributed by atoms with Gasteiger partial charge in [0, 0.05) is 16.8 Å². The molecule has 0 atom stereocenters. The van der Waals surface area contributed by atoms with Crippen molar-refractivity contribution in [2.45, 2.75) is 6.92 Å². The zero-order chi connectivity index (χ0) is 21.2. The number of fused-ring (bicyclic) bond motifs is 1. The van der Waals surface area contributed by atoms with Crippen LogP contribution in [0.15, 0.2) is 97.1 Å². The van der Waals surface area contributed by atoms with E-state index in [9.17, 15) is 4.79 Å². The molecule has 0 bridgehead atoms. The van der Waals surface area contributed by atoms with Crippen LogP contribution < -0.4 is 5.32 Å². The molecule has 4 heteroatoms. The Hall–Kier alpha value is -3.76. The van der Waals surface area contributed by atoms with Gasteiger partial charge < -0.3 is 5.32 Å². The van der Waals surface area contributed by atoms with E-state index in [-0.39, 0.29) is 5.91 Å². The van der Waals surface area contributed by atoms with Gasteiger partial charge in [0.25, 0.3) is 5.91 Å². The number of amides is 1. The SMILES string of the molecule is Cc1cc(-c2nc3ccccc3s2)ccc1NC(=O)c1ccc(-c2ccccc2)cc1. The third-order valence-electron chi connectivity index (χ3n) is 5.27. The van der Waals surface area contributed by atoms with Gasteiger partial charge in [0.05, 0.1) is 10.2 Å². The van der Waals surface area contributed by atoms with Gasteiger partial charge in [0.1, 0.15) is 5.01 Å². The number of aryl methyl sites for hydroxylation is 1. The van der Waals surface area contributed by atoms with Gasteiger partial charge in [-0.3, -0.25) is 4.79 Å². The Morgan fingerprint density at radius 2 is 1.45 bits per heavy atom. The lowest BCUT2D eigenvalue weighted by Crippen LogP contribution is -2.12. The number of carbonyl (C=O) groups is 1. The summed E-state index contributed by atoms with van der Waals surface area (Å²) in [5.41, 5.74) is 6.74. The number of thiazole rings is 1. The zero-order valence-corrected chi connectivity index (χ0v) is 17.8. The monoisotopic (exact) mass is 420 g/mol. The highest BCUT2D eigenvalue weighted by atomic mass is 32.1. The van der Waals surface area contributed by atoms with Gasteiger partial charge in [0.2, 0.25) is 0 Å². The van der Waals surface area contributed by atoms with Gasteiger partial charge in [0.15, 0.2) is 0 Å². The van der Waals surface area contributed by atoms with Crippen LogP contribution in [0.25, 0.3) is 31.9 Å². The van der Waals surface area contributed by atoms with Crippen LogP contribution in [0.5, 0.6) is 0 Å². The van der Waals surface area contributed by atoms with E-state index in [2.05, 4.69) is 29.6 Å². The van der Waals surface area contributed by atoms with E-state index in [1.165, 1.54) is 4.70 Å². The largest absolute Gasteiger partial charge is 0.322 e. The molecule has 0 fully saturated rings. The fourth-order valence-corrected chi connectivity index (χ4v) is 4.53. The minimum Gasteiger partial charge on any atom is -0.322 e. The Morgan fingerprint density at radius 1 is 0.774 bits per heavy atom. The molecule has 0 saturated carbocycles. The molecular weight excluding hydrogens is 400 g/mol. The van der Waals surface area contributed by atoms with Crippen LogP contribution in [0.2, 0.25) is 0 Å². The Kier molecular flexibility index (Phi) is 5.06. The summed E-state index contributed by atoms with van der Waals surface area (Å²) < 4.78 is 1.17. The third kappa shape index (κ3) is 3.98. The van der Waals surface area contributed by atoms with Crippen molar-refractivity contribution in [1.82, 2.24) is 4.98 Å². The summed E-state index contributed by atoms with van der Waals surface area (Å²) in [5, 5.41) is 4.02. The lowest BCUT2D eigenvalue weighted by atomic mass is 10.0. The molecule has 0 radical (unpaired) electrons. The standard InChI is InChI=1S/C27H20N2OS/c1-18-17-22(27-29-24-9-5-6-10-25(24)31-27)15-16-23(18)28-26(30)21-13-11-20(12-14-21)19-7-3-2-4-8-19/h2-17H,1H3,(H,28,30). The number of anilines is 1. The van der Waals surface area contributed by atoms with Crippen molar-refractivity contribution in [2.24, 2.45) is 0 Å². The maximum absolute atomic E-state index is 12.8. The van der Waals surface area contributed by atoms with Gasteiger partial charge in [-0.05, 0) is 66.1 Å². The number of rotatable bonds is 4. The summed E-state index contributed by atoms with van der Waals surface area (Å²) in [6.45, 7) is 2.00. The first-order valence-electron chi connectivity index (χ1n) is 10.1. The van der Waals surface area contributed by atoms with Gasteiger partial charge in [-0.2, -0.15) is 0 Å². The Bertz CT molecular complexity index is 1340. The number of para-hydroxylation sites is 1. The van der Waals surface area contributed by atoms with E-state index < -0.39 is 0 Å². The number of nitrogens with one attached hydrogen (secondary N) is 1. The van der Waals surface area contributed by atoms with E-state index in [0.29, 0.717) is 5.56 Å². The van der Waals surface area contributed by atoms with Gasteiger partial charge in [-0.25, -0.2) is 4.98 Å². The smallest absolute Gasteiger partial charge is 0.255 e. The molecule has 0 saturated heterocycles. The first-order chi connectivity index (χ1) is 15.2. The first kappa shape index (κ1) is 19.2. The maximum Gasteiger partial charge on any atom is 0.255 e. The quantitative estimate of drug-likeness (QED) is 0.334. The molecule has 0 unspecified atom stereocenters. The van der Waals surface area contributed by atoms with Crippen LogP contribution in [0, 0.1) is 6.92 Å². The van der Waals surface area contributed by atoms with Crippen LogP contribution in [0.4, 0.5) is 5.69 Å². The highest BCUT2D eigenvalue weighted by Crippen LogP contribution is 2.32. The van der Waals surface area contributed by atoms with Crippen LogP contribution in [-0.2, 0) is 0 Å². The summed E-state index contributed by atoms with van der Waals surface area (Å²) in [7, 11) is 0. The molecule has 5 aromatic rings. The van der Waals surface area contributed by atoms with E-state index in [1.54, 1.807) is 11.3 Å². The second-order valence-corrected chi connectivity index (χ2v) is 8.44. The summed E-state index contributed by atoms with van der Waals surface area (Å²) in [6, 6.07) is 32.0. The Labute approximate surface area is 185 Å². The normalized spacial score (nSPS) is 10.9. The van der Waals surface area contributed by atoms with Crippen molar-refractivity contribution in [2.75, 3.05) is 5.32 Å². The number of aromatic nitrogens is 1. The molecule has 1 N–H and O–H groups in total. The minimum atomic E-state index is -0.115. The molecule has 0 aliphatic rings. The van der Waals surface area contributed by atoms with E-state index in [1.807, 2.05) is 79.7 Å². The van der Waals surface area contributed by atoms with Crippen molar-refractivity contribution in [3.63, 3.8) is 0 Å². The Morgan fingerprint density at radius 3 is 2.19 bits per heavy atom. The van der Waals surface area contributed by atoms with Crippen LogP contribution in [-0.4, -0.2) is 10.9 Å². The molecule has 0 spiro atoms. The van der Waals surface area contributed by atoms with Gasteiger partial charge in [-0.15, -0.1) is 11.3 Å². The average molecular weight is 421 g/mol. The van der Waals surface area contributed by atoms with Crippen molar-refractivity contribution < 1.29 is 4.79 Å². The molecule has 0 aliphatic heterocycles. The third-order valence-corrected chi connectivity index (χ3v) is 6.36. The molecule has 4 aromatic carbocycles. The van der Waals surface area contributed by atoms with Crippen LogP contribution >= 0.6 is 11.3 Å². The van der Waals surface area contributed by atoms with Crippen molar-refractivity contribution in [3.8, 4) is 21.7 Å². The topological polar surface area (TPSA) is 42.0 Å². The lowest BCUT2D eigenvalue weighted by Gasteiger charge is -2.10. The highest BCUT2D eigenvalue weighted by Gasteiger charge is 2.11. The van der Waals surface area contributed by atoms with Crippen LogP contribution in [0.1, 0.15) is 15.9 Å². The summed E-state index contributed by atoms with van der Waals surface area (Å²) >= 11 is 1.68. The molecule has 1 heterocycles. The van der Waals surface area contributed by atoms with E-state index >= 15 is 0 Å². The van der Waals surface area contributed by atoms with Crippen LogP contribution in [0.3, 0.4) is 0 Å². The van der Waals surface area contributed by atoms with Gasteiger partial charge in [-0.1, -0.05) is 54.6 Å². The average Bonchev–Trinajstić information content (AvgIpc) is 3.25. The first-order valence-corrected chi connectivity index (χ1v) is 10.9. The van der Waals surface area contributed by atoms with Crippen molar-refractivity contribution >= 4 is 33.1 Å². The maximum atomic E-state index is 12.8. The van der Waals surface area contributed by atoms with Crippen molar-refractivity contribution in [1.29, 1.82) is 0 Å². The fraction of sp³-hybridized carbons (Fsp3) is 0.0370. The molecule has 5 rings (SSSR count). The highest BCUT2D eigenvalue weighted by molar-refractivity contribution is 7.21. The number of benzene rings is 4. The van der Waals surface area contributed by atoms with E-state index in [4.69, 9.17) is 4.98 Å². The molecule has 1 aromatic heterocycles. The fourth-order valence-electron chi connectivity index (χ4n) is 3.57. The number of nitrogens with zero attached hydrogens (tertiary/aromatic N) is 1. The molecular formula is C27H20N2OS. The number of hydrogen-bond acceptors (Lipinski definition) is 3. The molecule has 31 heavy (non-hydrogen) atoms. The minimum absolute atomic E-state index is 0.115. The predicted octanol–water partition coefficient (Wildman–Crippen LogP) is 7.19. The lowest BCUT2D eigenvalue weighted by molar-refractivity contribution is 0.102.